The molecule has 0 saturated carbocycles. The Bertz CT molecular complexity index is 579. The van der Waals surface area contributed by atoms with Crippen molar-refractivity contribution in [3.63, 3.8) is 0 Å². The van der Waals surface area contributed by atoms with Crippen LogP contribution in [-0.2, 0) is 19.4 Å². The standard InChI is InChI=1S/C15H17ClN2O/c16-14-4-2-1-3-12(14)8-13-9-18-6-5-11(10-19)7-15(18)17-13/h1-4,9,11,19H,5-8,10H2. The van der Waals surface area contributed by atoms with Crippen molar-refractivity contribution in [1.29, 1.82) is 0 Å². The molecule has 3 nitrogen and oxygen atoms in total. The minimum atomic E-state index is 0.257. The molecule has 0 saturated heterocycles. The second-order valence-electron chi connectivity index (χ2n) is 5.15. The summed E-state index contributed by atoms with van der Waals surface area (Å²) in [6.45, 7) is 1.21. The van der Waals surface area contributed by atoms with Gasteiger partial charge in [-0.2, -0.15) is 0 Å². The lowest BCUT2D eigenvalue weighted by molar-refractivity contribution is 0.199. The first-order valence-electron chi connectivity index (χ1n) is 6.65. The number of aliphatic hydroxyl groups is 1. The van der Waals surface area contributed by atoms with Crippen LogP contribution in [0.2, 0.25) is 5.02 Å². The van der Waals surface area contributed by atoms with Gasteiger partial charge in [0.1, 0.15) is 5.82 Å². The van der Waals surface area contributed by atoms with Gasteiger partial charge < -0.3 is 9.67 Å². The molecule has 19 heavy (non-hydrogen) atoms. The number of nitrogens with zero attached hydrogens (tertiary/aromatic N) is 2. The summed E-state index contributed by atoms with van der Waals surface area (Å²) in [5.74, 6) is 1.45. The second-order valence-corrected chi connectivity index (χ2v) is 5.56. The molecular formula is C15H17ClN2O. The third kappa shape index (κ3) is 2.67. The van der Waals surface area contributed by atoms with Gasteiger partial charge in [0.25, 0.3) is 0 Å². The zero-order valence-corrected chi connectivity index (χ0v) is 11.5. The molecule has 100 valence electrons. The Balaban J connectivity index is 1.80. The van der Waals surface area contributed by atoms with Crippen LogP contribution in [0.1, 0.15) is 23.5 Å². The van der Waals surface area contributed by atoms with Crippen molar-refractivity contribution in [3.05, 3.63) is 52.6 Å². The molecule has 0 aliphatic carbocycles. The van der Waals surface area contributed by atoms with E-state index >= 15 is 0 Å². The molecule has 4 heteroatoms. The molecule has 0 fully saturated rings. The molecule has 1 aromatic carbocycles. The van der Waals surface area contributed by atoms with Gasteiger partial charge in [-0.1, -0.05) is 29.8 Å². The first kappa shape index (κ1) is 12.7. The number of imidazole rings is 1. The number of rotatable bonds is 3. The number of fused-ring (bicyclic) bond motifs is 1. The van der Waals surface area contributed by atoms with Gasteiger partial charge in [0, 0.05) is 37.2 Å². The molecule has 0 spiro atoms. The fourth-order valence-corrected chi connectivity index (χ4v) is 2.83. The molecule has 1 atom stereocenters. The van der Waals surface area contributed by atoms with E-state index in [9.17, 15) is 5.11 Å². The lowest BCUT2D eigenvalue weighted by Crippen LogP contribution is -2.21. The van der Waals surface area contributed by atoms with Gasteiger partial charge in [-0.15, -0.1) is 0 Å². The van der Waals surface area contributed by atoms with Crippen LogP contribution in [0.15, 0.2) is 30.5 Å². The van der Waals surface area contributed by atoms with Crippen molar-refractivity contribution < 1.29 is 5.11 Å². The maximum atomic E-state index is 9.24. The van der Waals surface area contributed by atoms with Crippen LogP contribution in [0.3, 0.4) is 0 Å². The van der Waals surface area contributed by atoms with E-state index in [4.69, 9.17) is 11.6 Å². The molecule has 0 amide bonds. The van der Waals surface area contributed by atoms with E-state index in [-0.39, 0.29) is 6.61 Å². The topological polar surface area (TPSA) is 38.0 Å². The Morgan fingerprint density at radius 1 is 1.37 bits per heavy atom. The molecular weight excluding hydrogens is 260 g/mol. The predicted octanol–water partition coefficient (Wildman–Crippen LogP) is 2.68. The summed E-state index contributed by atoms with van der Waals surface area (Å²) in [7, 11) is 0. The summed E-state index contributed by atoms with van der Waals surface area (Å²) < 4.78 is 2.21. The minimum Gasteiger partial charge on any atom is -0.396 e. The van der Waals surface area contributed by atoms with Gasteiger partial charge in [-0.05, 0) is 24.0 Å². The third-order valence-electron chi connectivity index (χ3n) is 3.75. The highest BCUT2D eigenvalue weighted by molar-refractivity contribution is 6.31. The van der Waals surface area contributed by atoms with E-state index in [1.54, 1.807) is 0 Å². The molecule has 0 radical (unpaired) electrons. The molecule has 1 aliphatic heterocycles. The molecule has 3 rings (SSSR count). The summed E-state index contributed by atoms with van der Waals surface area (Å²) in [4.78, 5) is 4.68. The Morgan fingerprint density at radius 3 is 3.00 bits per heavy atom. The number of hydrogen-bond donors (Lipinski definition) is 1. The monoisotopic (exact) mass is 276 g/mol. The number of aryl methyl sites for hydroxylation is 1. The Hall–Kier alpha value is -1.32. The van der Waals surface area contributed by atoms with Gasteiger partial charge in [-0.3, -0.25) is 0 Å². The third-order valence-corrected chi connectivity index (χ3v) is 4.11. The van der Waals surface area contributed by atoms with Crippen LogP contribution >= 0.6 is 11.6 Å². The highest BCUT2D eigenvalue weighted by Crippen LogP contribution is 2.23. The first-order chi connectivity index (χ1) is 9.26. The van der Waals surface area contributed by atoms with Crippen LogP contribution in [0.4, 0.5) is 0 Å². The number of aliphatic hydroxyl groups excluding tert-OH is 1. The number of benzene rings is 1. The number of aromatic nitrogens is 2. The van der Waals surface area contributed by atoms with Gasteiger partial charge in [-0.25, -0.2) is 4.98 Å². The molecule has 1 aliphatic rings. The summed E-state index contributed by atoms with van der Waals surface area (Å²) in [5, 5.41) is 10.0. The summed E-state index contributed by atoms with van der Waals surface area (Å²) >= 11 is 6.18. The first-order valence-corrected chi connectivity index (χ1v) is 7.03. The van der Waals surface area contributed by atoms with E-state index in [0.29, 0.717) is 5.92 Å². The van der Waals surface area contributed by atoms with Crippen LogP contribution in [0, 0.1) is 5.92 Å². The maximum Gasteiger partial charge on any atom is 0.109 e. The van der Waals surface area contributed by atoms with Gasteiger partial charge in [0.2, 0.25) is 0 Å². The van der Waals surface area contributed by atoms with E-state index < -0.39 is 0 Å². The molecule has 1 aromatic heterocycles. The number of hydrogen-bond acceptors (Lipinski definition) is 2. The number of halogens is 1. The van der Waals surface area contributed by atoms with E-state index in [0.717, 1.165) is 47.9 Å². The van der Waals surface area contributed by atoms with Gasteiger partial charge >= 0.3 is 0 Å². The second kappa shape index (κ2) is 5.35. The Kier molecular flexibility index (Phi) is 3.58. The highest BCUT2D eigenvalue weighted by Gasteiger charge is 2.20. The highest BCUT2D eigenvalue weighted by atomic mass is 35.5. The molecule has 0 bridgehead atoms. The van der Waals surface area contributed by atoms with Crippen LogP contribution in [0.5, 0.6) is 0 Å². The largest absolute Gasteiger partial charge is 0.396 e. The van der Waals surface area contributed by atoms with Crippen molar-refractivity contribution in [2.24, 2.45) is 5.92 Å². The zero-order chi connectivity index (χ0) is 13.2. The fourth-order valence-electron chi connectivity index (χ4n) is 2.63. The smallest absolute Gasteiger partial charge is 0.109 e. The average molecular weight is 277 g/mol. The zero-order valence-electron chi connectivity index (χ0n) is 10.7. The summed E-state index contributed by atoms with van der Waals surface area (Å²) in [5.41, 5.74) is 2.17. The van der Waals surface area contributed by atoms with Gasteiger partial charge in [0.15, 0.2) is 0 Å². The maximum absolute atomic E-state index is 9.24. The molecule has 2 heterocycles. The van der Waals surface area contributed by atoms with Crippen LogP contribution in [0.25, 0.3) is 0 Å². The fraction of sp³-hybridized carbons (Fsp3) is 0.400. The Labute approximate surface area is 117 Å². The minimum absolute atomic E-state index is 0.257. The van der Waals surface area contributed by atoms with Crippen molar-refractivity contribution in [1.82, 2.24) is 9.55 Å². The van der Waals surface area contributed by atoms with Crippen molar-refractivity contribution >= 4 is 11.6 Å². The average Bonchev–Trinajstić information content (AvgIpc) is 2.82. The van der Waals surface area contributed by atoms with Crippen LogP contribution in [-0.4, -0.2) is 21.3 Å². The van der Waals surface area contributed by atoms with Crippen molar-refractivity contribution in [3.8, 4) is 0 Å². The lowest BCUT2D eigenvalue weighted by Gasteiger charge is -2.20. The molecule has 2 aromatic rings. The normalized spacial score (nSPS) is 18.3. The Morgan fingerprint density at radius 2 is 2.21 bits per heavy atom. The van der Waals surface area contributed by atoms with Crippen LogP contribution < -0.4 is 0 Å². The van der Waals surface area contributed by atoms with Gasteiger partial charge in [0.05, 0.1) is 5.69 Å². The summed E-state index contributed by atoms with van der Waals surface area (Å²) in [6.07, 6.45) is 4.79. The summed E-state index contributed by atoms with van der Waals surface area (Å²) in [6, 6.07) is 7.89. The molecule has 1 unspecified atom stereocenters. The van der Waals surface area contributed by atoms with Crippen molar-refractivity contribution in [2.75, 3.05) is 6.61 Å². The SMILES string of the molecule is OCC1CCn2cc(Cc3ccccc3Cl)nc2C1. The van der Waals surface area contributed by atoms with E-state index in [1.165, 1.54) is 0 Å². The van der Waals surface area contributed by atoms with E-state index in [2.05, 4.69) is 15.7 Å². The molecule has 1 N–H and O–H groups in total. The predicted molar refractivity (Wildman–Crippen MR) is 75.4 cm³/mol. The van der Waals surface area contributed by atoms with Crippen molar-refractivity contribution in [2.45, 2.75) is 25.8 Å². The quantitative estimate of drug-likeness (QED) is 0.936. The lowest BCUT2D eigenvalue weighted by atomic mass is 9.99. The van der Waals surface area contributed by atoms with E-state index in [1.807, 2.05) is 24.3 Å².